The molecule has 0 aliphatic rings. The Balaban J connectivity index is 2.40. The number of aliphatic hydroxyl groups is 1. The van der Waals surface area contributed by atoms with E-state index < -0.39 is 4.25 Å². The van der Waals surface area contributed by atoms with Gasteiger partial charge in [0.05, 0.1) is 0 Å². The Morgan fingerprint density at radius 1 is 0.720 bits per heavy atom. The molecule has 0 aliphatic carbocycles. The second-order valence-electron chi connectivity index (χ2n) is 6.43. The fourth-order valence-electron chi connectivity index (χ4n) is 3.50. The van der Waals surface area contributed by atoms with E-state index in [0.717, 1.165) is 12.6 Å². The fourth-order valence-corrected chi connectivity index (χ4v) is 12.7. The van der Waals surface area contributed by atoms with Crippen LogP contribution in [0, 0.1) is 0 Å². The molecule has 0 saturated heterocycles. The second kappa shape index (κ2) is 7.57. The molecule has 130 valence electrons. The molecule has 0 aliphatic heterocycles. The monoisotopic (exact) mass is 462 g/mol. The molecular formula is C22H24IOP. The van der Waals surface area contributed by atoms with Crippen LogP contribution in [0.4, 0.5) is 0 Å². The van der Waals surface area contributed by atoms with E-state index in [-0.39, 0.29) is 6.10 Å². The zero-order valence-corrected chi connectivity index (χ0v) is 17.5. The van der Waals surface area contributed by atoms with E-state index in [1.54, 1.807) is 0 Å². The van der Waals surface area contributed by atoms with Gasteiger partial charge in [0.25, 0.3) is 0 Å². The maximum absolute atomic E-state index is 10.8. The average molecular weight is 462 g/mol. The zero-order chi connectivity index (χ0) is 17.8. The van der Waals surface area contributed by atoms with Crippen molar-refractivity contribution in [3.8, 4) is 0 Å². The first-order valence-electron chi connectivity index (χ1n) is 8.67. The van der Waals surface area contributed by atoms with Crippen molar-refractivity contribution < 1.29 is 5.11 Å². The van der Waals surface area contributed by atoms with E-state index in [4.69, 9.17) is 0 Å². The van der Waals surface area contributed by atoms with Crippen LogP contribution in [0.1, 0.15) is 13.3 Å². The van der Waals surface area contributed by atoms with E-state index in [2.05, 4.69) is 120 Å². The summed E-state index contributed by atoms with van der Waals surface area (Å²) < 4.78 is -2.80. The van der Waals surface area contributed by atoms with Crippen LogP contribution in [0.5, 0.6) is 0 Å². The normalized spacial score (nSPS) is 14.4. The summed E-state index contributed by atoms with van der Waals surface area (Å²) in [5.74, 6) is 0. The summed E-state index contributed by atoms with van der Waals surface area (Å²) in [5.41, 5.74) is 0. The van der Waals surface area contributed by atoms with Crippen molar-refractivity contribution in [2.75, 3.05) is 6.16 Å². The van der Waals surface area contributed by atoms with Crippen LogP contribution in [-0.4, -0.2) is 17.4 Å². The van der Waals surface area contributed by atoms with Gasteiger partial charge in [0.2, 0.25) is 0 Å². The van der Waals surface area contributed by atoms with Gasteiger partial charge < -0.3 is 0 Å². The Kier molecular flexibility index (Phi) is 5.62. The molecule has 25 heavy (non-hydrogen) atoms. The van der Waals surface area contributed by atoms with Crippen LogP contribution < -0.4 is 15.9 Å². The van der Waals surface area contributed by atoms with E-state index in [9.17, 15) is 5.11 Å². The maximum atomic E-state index is 10.8. The molecule has 3 rings (SSSR count). The van der Waals surface area contributed by atoms with Crippen molar-refractivity contribution in [3.05, 3.63) is 91.0 Å². The summed E-state index contributed by atoms with van der Waals surface area (Å²) in [7, 11) is 0. The molecule has 0 spiro atoms. The van der Waals surface area contributed by atoms with Gasteiger partial charge in [-0.15, -0.1) is 0 Å². The number of halogens is 1. The van der Waals surface area contributed by atoms with Gasteiger partial charge in [-0.05, 0) is 0 Å². The van der Waals surface area contributed by atoms with Crippen LogP contribution in [0.25, 0.3) is 0 Å². The van der Waals surface area contributed by atoms with Gasteiger partial charge in [-0.2, -0.15) is 0 Å². The van der Waals surface area contributed by atoms with Gasteiger partial charge in [-0.1, -0.05) is 0 Å². The first-order chi connectivity index (χ1) is 12.1. The van der Waals surface area contributed by atoms with Crippen LogP contribution >= 0.6 is 26.3 Å². The Morgan fingerprint density at radius 2 is 1.04 bits per heavy atom. The van der Waals surface area contributed by atoms with Gasteiger partial charge in [0.1, 0.15) is 0 Å². The molecule has 1 N–H and O–H groups in total. The summed E-state index contributed by atoms with van der Waals surface area (Å²) in [6, 6.07) is 32.2. The fraction of sp³-hybridized carbons (Fsp3) is 0.182. The Morgan fingerprint density at radius 3 is 1.32 bits per heavy atom. The molecule has 0 fully saturated rings. The van der Waals surface area contributed by atoms with E-state index >= 15 is 0 Å². The summed E-state index contributed by atoms with van der Waals surface area (Å²) >= 11 is 2.71. The zero-order valence-electron chi connectivity index (χ0n) is 14.4. The number of benzene rings is 3. The Labute approximate surface area is 163 Å². The number of aliphatic hydroxyl groups excluding tert-OH is 1. The molecule has 3 aromatic rings. The van der Waals surface area contributed by atoms with Crippen LogP contribution in [0.15, 0.2) is 91.0 Å². The average Bonchev–Trinajstić information content (AvgIpc) is 2.70. The molecule has 0 unspecified atom stereocenters. The standard InChI is InChI=1S/C22H24IOP/c1-2-19(24)18-25(23,20-12-6-3-7-13-20,21-14-8-4-9-15-21)22-16-10-5-11-17-22/h3-17,19,24H,2,18H2,1H3/t19-/m1/s1. The summed E-state index contributed by atoms with van der Waals surface area (Å²) in [4.78, 5) is 0. The minimum atomic E-state index is -2.80. The molecule has 0 aromatic heterocycles. The molecular weight excluding hydrogens is 438 g/mol. The van der Waals surface area contributed by atoms with Crippen molar-refractivity contribution in [2.24, 2.45) is 0 Å². The topological polar surface area (TPSA) is 20.2 Å². The number of rotatable bonds is 6. The van der Waals surface area contributed by atoms with Gasteiger partial charge in [0, 0.05) is 0 Å². The quantitative estimate of drug-likeness (QED) is 0.418. The molecule has 3 aromatic carbocycles. The predicted octanol–water partition coefficient (Wildman–Crippen LogP) is 4.64. The molecule has 0 amide bonds. The number of hydrogen-bond acceptors (Lipinski definition) is 1. The van der Waals surface area contributed by atoms with Gasteiger partial charge in [-0.3, -0.25) is 0 Å². The van der Waals surface area contributed by atoms with E-state index in [1.807, 2.05) is 0 Å². The summed E-state index contributed by atoms with van der Waals surface area (Å²) in [6.45, 7) is 2.06. The van der Waals surface area contributed by atoms with Crippen LogP contribution in [0.2, 0.25) is 0 Å². The van der Waals surface area contributed by atoms with Gasteiger partial charge in [0.15, 0.2) is 0 Å². The van der Waals surface area contributed by atoms with Gasteiger partial charge >= 0.3 is 164 Å². The van der Waals surface area contributed by atoms with Crippen LogP contribution in [-0.2, 0) is 0 Å². The first-order valence-corrected chi connectivity index (χ1v) is 13.9. The predicted molar refractivity (Wildman–Crippen MR) is 120 cm³/mol. The van der Waals surface area contributed by atoms with Crippen molar-refractivity contribution in [2.45, 2.75) is 19.4 Å². The van der Waals surface area contributed by atoms with Gasteiger partial charge in [-0.25, -0.2) is 0 Å². The molecule has 0 radical (unpaired) electrons. The Bertz CT molecular complexity index is 706. The third-order valence-electron chi connectivity index (χ3n) is 4.91. The van der Waals surface area contributed by atoms with E-state index in [0.29, 0.717) is 0 Å². The van der Waals surface area contributed by atoms with Crippen LogP contribution in [0.3, 0.4) is 0 Å². The van der Waals surface area contributed by atoms with Crippen molar-refractivity contribution in [1.29, 1.82) is 0 Å². The molecule has 0 heterocycles. The second-order valence-corrected chi connectivity index (χ2v) is 17.1. The SMILES string of the molecule is CC[C@@H](O)CP(I)(c1ccccc1)(c1ccccc1)c1ccccc1. The molecule has 3 heteroatoms. The van der Waals surface area contributed by atoms with Crippen molar-refractivity contribution in [3.63, 3.8) is 0 Å². The summed E-state index contributed by atoms with van der Waals surface area (Å²) in [6.07, 6.45) is 1.17. The molecule has 0 saturated carbocycles. The third-order valence-corrected chi connectivity index (χ3v) is 16.3. The molecule has 1 nitrogen and oxygen atoms in total. The van der Waals surface area contributed by atoms with Crippen molar-refractivity contribution >= 4 is 42.2 Å². The van der Waals surface area contributed by atoms with E-state index in [1.165, 1.54) is 15.9 Å². The summed E-state index contributed by atoms with van der Waals surface area (Å²) in [5, 5.41) is 14.7. The number of hydrogen-bond donors (Lipinski definition) is 1. The molecule has 1 atom stereocenters. The van der Waals surface area contributed by atoms with Crippen molar-refractivity contribution in [1.82, 2.24) is 0 Å². The molecule has 0 bridgehead atoms. The minimum absolute atomic E-state index is 0.338. The first kappa shape index (κ1) is 18.6. The third kappa shape index (κ3) is 3.28. The Hall–Kier alpha value is -1.22.